The van der Waals surface area contributed by atoms with E-state index in [0.717, 1.165) is 4.79 Å². The van der Waals surface area contributed by atoms with E-state index in [1.54, 1.807) is 6.07 Å². The van der Waals surface area contributed by atoms with Crippen molar-refractivity contribution in [2.45, 2.75) is 0 Å². The van der Waals surface area contributed by atoms with Crippen molar-refractivity contribution in [3.05, 3.63) is 23.5 Å². The molecule has 4 nitrogen and oxygen atoms in total. The lowest BCUT2D eigenvalue weighted by Gasteiger charge is -1.54. The third-order valence-corrected chi connectivity index (χ3v) is 0.582. The lowest BCUT2D eigenvalue weighted by molar-refractivity contribution is 0.850. The van der Waals surface area contributed by atoms with Crippen molar-refractivity contribution < 1.29 is 0 Å². The Bertz CT molecular complexity index is 169. The van der Waals surface area contributed by atoms with Crippen LogP contribution < -0.4 is 0 Å². The molecule has 1 aromatic rings. The normalized spacial score (nSPS) is 7.86. The van der Waals surface area contributed by atoms with Crippen LogP contribution in [0, 0.1) is 5.39 Å². The van der Waals surface area contributed by atoms with Gasteiger partial charge in [-0.15, -0.1) is 0 Å². The quantitative estimate of drug-likeness (QED) is 0.440. The number of hydrogen-bond donors (Lipinski definition) is 0. The molecule has 0 aromatic carbocycles. The predicted octanol–water partition coefficient (Wildman–Crippen LogP) is 0.499. The zero-order valence-electron chi connectivity index (χ0n) is 3.52. The van der Waals surface area contributed by atoms with Gasteiger partial charge in [-0.3, -0.25) is 0 Å². The van der Waals surface area contributed by atoms with Gasteiger partial charge in [-0.25, -0.2) is 0 Å². The summed E-state index contributed by atoms with van der Waals surface area (Å²) in [6.07, 6.45) is 3.06. The number of aromatic nitrogens is 2. The highest BCUT2D eigenvalue weighted by atomic mass is 15.5. The summed E-state index contributed by atoms with van der Waals surface area (Å²) in [5.41, 5.74) is 0. The Morgan fingerprint density at radius 1 is 1.71 bits per heavy atom. The number of rotatable bonds is 0. The van der Waals surface area contributed by atoms with Gasteiger partial charge < -0.3 is 0 Å². The van der Waals surface area contributed by atoms with E-state index in [1.165, 1.54) is 12.4 Å². The van der Waals surface area contributed by atoms with Crippen LogP contribution in [0.2, 0.25) is 0 Å². The van der Waals surface area contributed by atoms with E-state index < -0.39 is 0 Å². The van der Waals surface area contributed by atoms with Gasteiger partial charge in [0.25, 0.3) is 0 Å². The highest BCUT2D eigenvalue weighted by Gasteiger charge is 1.91. The van der Waals surface area contributed by atoms with E-state index in [-0.39, 0.29) is 0 Å². The molecular formula is C3H3N4+. The average Bonchev–Trinajstić information content (AvgIpc) is 2.14. The maximum Gasteiger partial charge on any atom is 0.168 e. The van der Waals surface area contributed by atoms with Gasteiger partial charge in [0.2, 0.25) is 0 Å². The van der Waals surface area contributed by atoms with E-state index in [4.69, 9.17) is 5.39 Å². The Balaban J connectivity index is 3.04. The van der Waals surface area contributed by atoms with Crippen molar-refractivity contribution in [1.29, 1.82) is 5.39 Å². The molecule has 0 spiro atoms. The lowest BCUT2D eigenvalue weighted by Crippen LogP contribution is -1.79. The van der Waals surface area contributed by atoms with Crippen LogP contribution in [0.1, 0.15) is 0 Å². The molecule has 1 heterocycles. The third-order valence-electron chi connectivity index (χ3n) is 0.582. The average molecular weight is 95.1 g/mol. The third kappa shape index (κ3) is 0.550. The lowest BCUT2D eigenvalue weighted by atomic mass is 10.8. The number of hydrogen-bond acceptors (Lipinski definition) is 2. The minimum absolute atomic E-state index is 1.06. The fourth-order valence-corrected chi connectivity index (χ4v) is 0.314. The molecule has 4 heteroatoms. The fraction of sp³-hybridized carbons (Fsp3) is 0. The van der Waals surface area contributed by atoms with Crippen LogP contribution in [-0.2, 0) is 0 Å². The second-order valence-electron chi connectivity index (χ2n) is 1.02. The van der Waals surface area contributed by atoms with Crippen LogP contribution in [0.4, 0.5) is 0 Å². The van der Waals surface area contributed by atoms with Crippen LogP contribution in [0.15, 0.2) is 18.5 Å². The largest absolute Gasteiger partial charge is 0.168 e. The van der Waals surface area contributed by atoms with Gasteiger partial charge in [0, 0.05) is 6.07 Å². The van der Waals surface area contributed by atoms with Crippen molar-refractivity contribution in [2.75, 3.05) is 0 Å². The smallest absolute Gasteiger partial charge is 0.00978 e. The molecule has 0 unspecified atom stereocenters. The highest BCUT2D eigenvalue weighted by molar-refractivity contribution is 4.79. The van der Waals surface area contributed by atoms with Gasteiger partial charge in [0.15, 0.2) is 6.20 Å². The molecule has 0 saturated heterocycles. The second kappa shape index (κ2) is 1.39. The van der Waals surface area contributed by atoms with Gasteiger partial charge in [0.1, 0.15) is 21.5 Å². The molecule has 0 aliphatic rings. The molecule has 0 bridgehead atoms. The van der Waals surface area contributed by atoms with Gasteiger partial charge in [-0.2, -0.15) is 0 Å². The summed E-state index contributed by atoms with van der Waals surface area (Å²) in [7, 11) is 0. The number of diazo groups is 1. The first kappa shape index (κ1) is 3.81. The summed E-state index contributed by atoms with van der Waals surface area (Å²) in [4.78, 5) is 1.06. The summed E-state index contributed by atoms with van der Waals surface area (Å²) >= 11 is 0. The molecule has 0 N–H and O–H groups in total. The molecule has 0 saturated carbocycles. The monoisotopic (exact) mass is 95.0 g/mol. The SMILES string of the molecule is N#[N+]n1cccn1. The van der Waals surface area contributed by atoms with Crippen LogP contribution in [-0.4, -0.2) is 9.89 Å². The first-order valence-electron chi connectivity index (χ1n) is 1.78. The Morgan fingerprint density at radius 3 is 2.86 bits per heavy atom. The van der Waals surface area contributed by atoms with Gasteiger partial charge in [0.05, 0.1) is 5.10 Å². The van der Waals surface area contributed by atoms with E-state index in [0.29, 0.717) is 0 Å². The Morgan fingerprint density at radius 2 is 2.57 bits per heavy atom. The maximum atomic E-state index is 7.95. The standard InChI is InChI=1S/C3H3N4/c4-6-7-3-1-2-5-7/h1-3H/q+1. The van der Waals surface area contributed by atoms with Gasteiger partial charge in [-0.1, -0.05) is 0 Å². The van der Waals surface area contributed by atoms with E-state index in [2.05, 4.69) is 10.2 Å². The van der Waals surface area contributed by atoms with Gasteiger partial charge in [-0.05, 0) is 0 Å². The summed E-state index contributed by atoms with van der Waals surface area (Å²) in [6.45, 7) is 0. The maximum absolute atomic E-state index is 7.95. The van der Waals surface area contributed by atoms with E-state index >= 15 is 0 Å². The molecule has 1 rings (SSSR count). The Kier molecular flexibility index (Phi) is 0.755. The molecular weight excluding hydrogens is 92.1 g/mol. The fourth-order valence-electron chi connectivity index (χ4n) is 0.314. The first-order chi connectivity index (χ1) is 3.43. The van der Waals surface area contributed by atoms with Crippen LogP contribution in [0.5, 0.6) is 0 Å². The molecule has 0 atom stereocenters. The zero-order chi connectivity index (χ0) is 5.11. The Hall–Kier alpha value is -1.37. The predicted molar refractivity (Wildman–Crippen MR) is 22.7 cm³/mol. The Labute approximate surface area is 40.0 Å². The molecule has 0 radical (unpaired) electrons. The summed E-state index contributed by atoms with van der Waals surface area (Å²) in [5, 5.41) is 14.2. The molecule has 0 aliphatic heterocycles. The van der Waals surface area contributed by atoms with Crippen molar-refractivity contribution in [1.82, 2.24) is 9.89 Å². The molecule has 0 fully saturated rings. The molecule has 0 amide bonds. The first-order valence-corrected chi connectivity index (χ1v) is 1.78. The van der Waals surface area contributed by atoms with Gasteiger partial charge >= 0.3 is 0 Å². The minimum Gasteiger partial charge on any atom is 0.00978 e. The zero-order valence-corrected chi connectivity index (χ0v) is 3.52. The van der Waals surface area contributed by atoms with E-state index in [9.17, 15) is 0 Å². The van der Waals surface area contributed by atoms with Crippen molar-refractivity contribution in [2.24, 2.45) is 0 Å². The van der Waals surface area contributed by atoms with Crippen LogP contribution >= 0.6 is 0 Å². The summed E-state index contributed by atoms with van der Waals surface area (Å²) in [5.74, 6) is 0. The number of nitrogens with zero attached hydrogens (tertiary/aromatic N) is 4. The van der Waals surface area contributed by atoms with Crippen LogP contribution in [0.3, 0.4) is 0 Å². The van der Waals surface area contributed by atoms with E-state index in [1.807, 2.05) is 0 Å². The van der Waals surface area contributed by atoms with Crippen LogP contribution in [0.25, 0.3) is 5.08 Å². The topological polar surface area (TPSA) is 46.0 Å². The van der Waals surface area contributed by atoms with Crippen molar-refractivity contribution in [3.8, 4) is 0 Å². The van der Waals surface area contributed by atoms with Crippen molar-refractivity contribution in [3.63, 3.8) is 0 Å². The van der Waals surface area contributed by atoms with Crippen molar-refractivity contribution >= 4 is 0 Å². The summed E-state index contributed by atoms with van der Waals surface area (Å²) < 4.78 is 0. The molecule has 1 aromatic heterocycles. The molecule has 0 aliphatic carbocycles. The molecule has 7 heavy (non-hydrogen) atoms. The second-order valence-corrected chi connectivity index (χ2v) is 1.02. The highest BCUT2D eigenvalue weighted by Crippen LogP contribution is 1.78. The minimum atomic E-state index is 1.06. The molecule has 34 valence electrons. The summed E-state index contributed by atoms with van der Waals surface area (Å²) in [6, 6.07) is 1.67.